The van der Waals surface area contributed by atoms with Gasteiger partial charge in [0.2, 0.25) is 0 Å². The molecule has 3 rings (SSSR count). The molecule has 0 amide bonds. The molecular weight excluding hydrogens is 249 g/mol. The van der Waals surface area contributed by atoms with Crippen LogP contribution in [0.3, 0.4) is 0 Å². The van der Waals surface area contributed by atoms with E-state index in [1.165, 1.54) is 28.5 Å². The van der Waals surface area contributed by atoms with Crippen molar-refractivity contribution < 1.29 is 4.39 Å². The molecule has 0 heterocycles. The molecular formula is C18H16FN. The summed E-state index contributed by atoms with van der Waals surface area (Å²) in [5.41, 5.74) is 2.14. The minimum Gasteiger partial charge on any atom is -0.379 e. The van der Waals surface area contributed by atoms with Crippen LogP contribution in [0.2, 0.25) is 0 Å². The first-order valence-electron chi connectivity index (χ1n) is 6.73. The van der Waals surface area contributed by atoms with Crippen LogP contribution in [0.5, 0.6) is 0 Å². The third-order valence-electron chi connectivity index (χ3n) is 3.50. The van der Waals surface area contributed by atoms with Crippen molar-refractivity contribution in [3.05, 3.63) is 78.1 Å². The quantitative estimate of drug-likeness (QED) is 0.690. The highest BCUT2D eigenvalue weighted by Crippen LogP contribution is 2.23. The number of halogens is 1. The number of fused-ring (bicyclic) bond motifs is 1. The zero-order valence-electron chi connectivity index (χ0n) is 11.3. The summed E-state index contributed by atoms with van der Waals surface area (Å²) in [7, 11) is 0. The maximum absolute atomic E-state index is 12.9. The maximum atomic E-state index is 12.9. The van der Waals surface area contributed by atoms with E-state index in [1.54, 1.807) is 12.1 Å². The second-order valence-electron chi connectivity index (χ2n) is 4.98. The molecule has 3 aromatic rings. The van der Waals surface area contributed by atoms with E-state index >= 15 is 0 Å². The number of benzene rings is 3. The molecule has 0 saturated heterocycles. The number of nitrogens with one attached hydrogen (secondary N) is 1. The second kappa shape index (κ2) is 5.33. The van der Waals surface area contributed by atoms with E-state index in [0.717, 1.165) is 5.69 Å². The van der Waals surface area contributed by atoms with E-state index in [0.29, 0.717) is 0 Å². The summed E-state index contributed by atoms with van der Waals surface area (Å²) in [4.78, 5) is 0. The summed E-state index contributed by atoms with van der Waals surface area (Å²) in [6, 6.07) is 21.4. The lowest BCUT2D eigenvalue weighted by Crippen LogP contribution is -2.06. The van der Waals surface area contributed by atoms with Crippen molar-refractivity contribution in [3.8, 4) is 0 Å². The van der Waals surface area contributed by atoms with E-state index in [9.17, 15) is 4.39 Å². The van der Waals surface area contributed by atoms with Gasteiger partial charge in [0.05, 0.1) is 0 Å². The Bertz CT molecular complexity index is 719. The monoisotopic (exact) mass is 265 g/mol. The first-order valence-corrected chi connectivity index (χ1v) is 6.73. The van der Waals surface area contributed by atoms with Crippen LogP contribution >= 0.6 is 0 Å². The molecule has 1 N–H and O–H groups in total. The molecule has 2 heteroatoms. The third-order valence-corrected chi connectivity index (χ3v) is 3.50. The van der Waals surface area contributed by atoms with E-state index < -0.39 is 0 Å². The summed E-state index contributed by atoms with van der Waals surface area (Å²) < 4.78 is 12.9. The van der Waals surface area contributed by atoms with Crippen LogP contribution in [0.25, 0.3) is 10.8 Å². The van der Waals surface area contributed by atoms with Gasteiger partial charge in [0, 0.05) is 11.7 Å². The Balaban J connectivity index is 1.84. The molecule has 0 aromatic heterocycles. The summed E-state index contributed by atoms with van der Waals surface area (Å²) in [6.07, 6.45) is 0. The third kappa shape index (κ3) is 2.64. The molecule has 0 saturated carbocycles. The Labute approximate surface area is 118 Å². The molecule has 0 aliphatic heterocycles. The Morgan fingerprint density at radius 1 is 0.850 bits per heavy atom. The predicted molar refractivity (Wildman–Crippen MR) is 82.4 cm³/mol. The lowest BCUT2D eigenvalue weighted by Gasteiger charge is -2.16. The zero-order chi connectivity index (χ0) is 13.9. The van der Waals surface area contributed by atoms with Gasteiger partial charge in [-0.3, -0.25) is 0 Å². The highest BCUT2D eigenvalue weighted by molar-refractivity contribution is 5.83. The van der Waals surface area contributed by atoms with Crippen LogP contribution in [-0.4, -0.2) is 0 Å². The molecule has 1 nitrogen and oxygen atoms in total. The number of hydrogen-bond acceptors (Lipinski definition) is 1. The van der Waals surface area contributed by atoms with Crippen molar-refractivity contribution in [1.29, 1.82) is 0 Å². The molecule has 0 spiro atoms. The smallest absolute Gasteiger partial charge is 0.123 e. The Morgan fingerprint density at radius 3 is 2.30 bits per heavy atom. The van der Waals surface area contributed by atoms with Crippen molar-refractivity contribution in [2.24, 2.45) is 0 Å². The van der Waals surface area contributed by atoms with Crippen LogP contribution in [-0.2, 0) is 0 Å². The van der Waals surface area contributed by atoms with E-state index in [2.05, 4.69) is 42.6 Å². The molecule has 1 atom stereocenters. The molecule has 0 radical (unpaired) electrons. The molecule has 3 aromatic carbocycles. The van der Waals surface area contributed by atoms with Crippen LogP contribution in [0.15, 0.2) is 66.7 Å². The Kier molecular flexibility index (Phi) is 3.38. The van der Waals surface area contributed by atoms with Crippen LogP contribution in [0.1, 0.15) is 18.5 Å². The van der Waals surface area contributed by atoms with Crippen LogP contribution < -0.4 is 5.32 Å². The highest BCUT2D eigenvalue weighted by atomic mass is 19.1. The van der Waals surface area contributed by atoms with Gasteiger partial charge in [0.15, 0.2) is 0 Å². The van der Waals surface area contributed by atoms with Crippen molar-refractivity contribution in [2.45, 2.75) is 13.0 Å². The lowest BCUT2D eigenvalue weighted by atomic mass is 10.0. The predicted octanol–water partition coefficient (Wildman–Crippen LogP) is 5.15. The van der Waals surface area contributed by atoms with Gasteiger partial charge in [-0.1, -0.05) is 36.4 Å². The first-order chi connectivity index (χ1) is 9.72. The molecule has 20 heavy (non-hydrogen) atoms. The number of rotatable bonds is 3. The topological polar surface area (TPSA) is 12.0 Å². The Hall–Kier alpha value is -2.35. The van der Waals surface area contributed by atoms with Gasteiger partial charge in [0.1, 0.15) is 5.82 Å². The standard InChI is InChI=1S/C18H16FN/c1-13(20-18-10-8-17(19)9-11-18)15-7-6-14-4-2-3-5-16(14)12-15/h2-13,20H,1H3. The first kappa shape index (κ1) is 12.7. The average molecular weight is 265 g/mol. The summed E-state index contributed by atoms with van der Waals surface area (Å²) >= 11 is 0. The summed E-state index contributed by atoms with van der Waals surface area (Å²) in [5, 5.41) is 5.86. The molecule has 1 unspecified atom stereocenters. The van der Waals surface area contributed by atoms with Crippen molar-refractivity contribution >= 4 is 16.5 Å². The lowest BCUT2D eigenvalue weighted by molar-refractivity contribution is 0.628. The fourth-order valence-corrected chi connectivity index (χ4v) is 2.36. The van der Waals surface area contributed by atoms with Gasteiger partial charge in [-0.2, -0.15) is 0 Å². The van der Waals surface area contributed by atoms with Gasteiger partial charge >= 0.3 is 0 Å². The van der Waals surface area contributed by atoms with Gasteiger partial charge in [0.25, 0.3) is 0 Å². The van der Waals surface area contributed by atoms with Crippen LogP contribution in [0, 0.1) is 5.82 Å². The highest BCUT2D eigenvalue weighted by Gasteiger charge is 2.06. The van der Waals surface area contributed by atoms with Crippen LogP contribution in [0.4, 0.5) is 10.1 Å². The van der Waals surface area contributed by atoms with E-state index in [-0.39, 0.29) is 11.9 Å². The van der Waals surface area contributed by atoms with Gasteiger partial charge in [-0.25, -0.2) is 4.39 Å². The van der Waals surface area contributed by atoms with E-state index in [1.807, 2.05) is 12.1 Å². The zero-order valence-corrected chi connectivity index (χ0v) is 11.3. The van der Waals surface area contributed by atoms with E-state index in [4.69, 9.17) is 0 Å². The normalized spacial score (nSPS) is 12.3. The molecule has 0 aliphatic carbocycles. The summed E-state index contributed by atoms with van der Waals surface area (Å²) in [6.45, 7) is 2.10. The fourth-order valence-electron chi connectivity index (χ4n) is 2.36. The minimum absolute atomic E-state index is 0.171. The second-order valence-corrected chi connectivity index (χ2v) is 4.98. The molecule has 0 bridgehead atoms. The fraction of sp³-hybridized carbons (Fsp3) is 0.111. The number of anilines is 1. The molecule has 0 aliphatic rings. The minimum atomic E-state index is -0.214. The summed E-state index contributed by atoms with van der Waals surface area (Å²) in [5.74, 6) is -0.214. The number of hydrogen-bond donors (Lipinski definition) is 1. The largest absolute Gasteiger partial charge is 0.379 e. The van der Waals surface area contributed by atoms with Crippen molar-refractivity contribution in [3.63, 3.8) is 0 Å². The van der Waals surface area contributed by atoms with Gasteiger partial charge in [-0.15, -0.1) is 0 Å². The SMILES string of the molecule is CC(Nc1ccc(F)cc1)c1ccc2ccccc2c1. The van der Waals surface area contributed by atoms with Crippen molar-refractivity contribution in [1.82, 2.24) is 0 Å². The van der Waals surface area contributed by atoms with Gasteiger partial charge in [-0.05, 0) is 53.6 Å². The van der Waals surface area contributed by atoms with Gasteiger partial charge < -0.3 is 5.32 Å². The molecule has 100 valence electrons. The average Bonchev–Trinajstić information content (AvgIpc) is 2.49. The Morgan fingerprint density at radius 2 is 1.55 bits per heavy atom. The van der Waals surface area contributed by atoms with Crippen molar-refractivity contribution in [2.75, 3.05) is 5.32 Å². The maximum Gasteiger partial charge on any atom is 0.123 e. The molecule has 0 fully saturated rings.